The number of ether oxygens (including phenoxy) is 1. The van der Waals surface area contributed by atoms with Crippen LogP contribution in [0.15, 0.2) is 53.1 Å². The molecule has 6 nitrogen and oxygen atoms in total. The second kappa shape index (κ2) is 7.14. The summed E-state index contributed by atoms with van der Waals surface area (Å²) < 4.78 is 10.2. The summed E-state index contributed by atoms with van der Waals surface area (Å²) in [7, 11) is 1.57. The van der Waals surface area contributed by atoms with Gasteiger partial charge in [0.05, 0.1) is 18.7 Å². The summed E-state index contributed by atoms with van der Waals surface area (Å²) in [6.07, 6.45) is 0. The van der Waals surface area contributed by atoms with Gasteiger partial charge in [-0.15, -0.1) is 0 Å². The van der Waals surface area contributed by atoms with Crippen LogP contribution < -0.4 is 10.1 Å². The van der Waals surface area contributed by atoms with Crippen molar-refractivity contribution in [3.8, 4) is 17.1 Å². The first kappa shape index (κ1) is 16.0. The van der Waals surface area contributed by atoms with Gasteiger partial charge >= 0.3 is 0 Å². The van der Waals surface area contributed by atoms with Crippen LogP contribution in [-0.4, -0.2) is 23.2 Å². The normalized spacial score (nSPS) is 10.4. The van der Waals surface area contributed by atoms with Gasteiger partial charge < -0.3 is 14.6 Å². The zero-order valence-corrected chi connectivity index (χ0v) is 13.6. The third kappa shape index (κ3) is 3.55. The number of aromatic nitrogens is 2. The van der Waals surface area contributed by atoms with Gasteiger partial charge in [0.2, 0.25) is 11.7 Å². The Morgan fingerprint density at radius 3 is 2.67 bits per heavy atom. The third-order valence-electron chi connectivity index (χ3n) is 3.34. The first-order valence-corrected chi connectivity index (χ1v) is 7.55. The highest BCUT2D eigenvalue weighted by Crippen LogP contribution is 2.24. The predicted molar refractivity (Wildman–Crippen MR) is 88.9 cm³/mol. The van der Waals surface area contributed by atoms with Crippen LogP contribution in [0.4, 0.5) is 0 Å². The fourth-order valence-electron chi connectivity index (χ4n) is 2.08. The lowest BCUT2D eigenvalue weighted by molar-refractivity contribution is 0.0946. The van der Waals surface area contributed by atoms with Crippen molar-refractivity contribution in [2.24, 2.45) is 0 Å². The fourth-order valence-corrected chi connectivity index (χ4v) is 2.30. The minimum atomic E-state index is -0.241. The first-order valence-electron chi connectivity index (χ1n) is 7.17. The Hall–Kier alpha value is -2.86. The molecule has 3 aromatic rings. The molecule has 0 unspecified atom stereocenters. The minimum absolute atomic E-state index is 0.127. The van der Waals surface area contributed by atoms with E-state index in [2.05, 4.69) is 15.5 Å². The molecule has 0 aliphatic carbocycles. The molecular weight excluding hydrogens is 330 g/mol. The summed E-state index contributed by atoms with van der Waals surface area (Å²) in [5.74, 6) is 1.13. The molecule has 122 valence electrons. The number of nitrogens with zero attached hydrogens (tertiary/aromatic N) is 2. The predicted octanol–water partition coefficient (Wildman–Crippen LogP) is 3.33. The summed E-state index contributed by atoms with van der Waals surface area (Å²) >= 11 is 6.10. The third-order valence-corrected chi connectivity index (χ3v) is 3.66. The van der Waals surface area contributed by atoms with Crippen LogP contribution >= 0.6 is 11.6 Å². The van der Waals surface area contributed by atoms with E-state index in [1.54, 1.807) is 43.5 Å². The highest BCUT2D eigenvalue weighted by Gasteiger charge is 2.12. The van der Waals surface area contributed by atoms with E-state index < -0.39 is 0 Å². The second-order valence-electron chi connectivity index (χ2n) is 4.90. The topological polar surface area (TPSA) is 77.2 Å². The number of carbonyl (C=O) groups excluding carboxylic acids is 1. The van der Waals surface area contributed by atoms with Crippen molar-refractivity contribution >= 4 is 17.5 Å². The number of nitrogens with one attached hydrogen (secondary N) is 1. The van der Waals surface area contributed by atoms with Gasteiger partial charge in [-0.2, -0.15) is 4.98 Å². The zero-order chi connectivity index (χ0) is 16.9. The smallest absolute Gasteiger partial charge is 0.251 e. The zero-order valence-electron chi connectivity index (χ0n) is 12.8. The van der Waals surface area contributed by atoms with E-state index in [0.29, 0.717) is 33.6 Å². The van der Waals surface area contributed by atoms with Crippen molar-refractivity contribution in [3.05, 3.63) is 65.0 Å². The molecule has 0 fully saturated rings. The molecule has 0 radical (unpaired) electrons. The van der Waals surface area contributed by atoms with Crippen LogP contribution in [0.5, 0.6) is 5.75 Å². The highest BCUT2D eigenvalue weighted by atomic mass is 35.5. The van der Waals surface area contributed by atoms with Crippen LogP contribution in [0, 0.1) is 0 Å². The number of benzene rings is 2. The SMILES string of the molecule is COc1ccc(C(=O)NCc2nc(-c3ccccc3Cl)no2)cc1. The molecule has 0 saturated carbocycles. The first-order chi connectivity index (χ1) is 11.7. The average molecular weight is 344 g/mol. The maximum Gasteiger partial charge on any atom is 0.251 e. The molecule has 0 bridgehead atoms. The van der Waals surface area contributed by atoms with Gasteiger partial charge in [0.1, 0.15) is 5.75 Å². The molecule has 1 amide bonds. The number of hydrogen-bond donors (Lipinski definition) is 1. The van der Waals surface area contributed by atoms with Crippen molar-refractivity contribution < 1.29 is 14.1 Å². The maximum absolute atomic E-state index is 12.1. The second-order valence-corrected chi connectivity index (χ2v) is 5.31. The van der Waals surface area contributed by atoms with E-state index >= 15 is 0 Å². The Morgan fingerprint density at radius 1 is 1.21 bits per heavy atom. The van der Waals surface area contributed by atoms with E-state index in [4.69, 9.17) is 20.9 Å². The summed E-state index contributed by atoms with van der Waals surface area (Å²) in [5.41, 5.74) is 1.19. The summed E-state index contributed by atoms with van der Waals surface area (Å²) in [6.45, 7) is 0.127. The van der Waals surface area contributed by atoms with Gasteiger partial charge in [0.15, 0.2) is 0 Å². The van der Waals surface area contributed by atoms with Crippen LogP contribution in [-0.2, 0) is 6.54 Å². The van der Waals surface area contributed by atoms with Crippen molar-refractivity contribution in [1.29, 1.82) is 0 Å². The molecule has 3 rings (SSSR count). The molecule has 24 heavy (non-hydrogen) atoms. The van der Waals surface area contributed by atoms with Gasteiger partial charge in [0.25, 0.3) is 5.91 Å². The van der Waals surface area contributed by atoms with Crippen molar-refractivity contribution in [1.82, 2.24) is 15.5 Å². The van der Waals surface area contributed by atoms with Gasteiger partial charge in [-0.25, -0.2) is 0 Å². The van der Waals surface area contributed by atoms with Gasteiger partial charge in [-0.05, 0) is 36.4 Å². The summed E-state index contributed by atoms with van der Waals surface area (Å²) in [4.78, 5) is 16.3. The molecule has 0 aliphatic rings. The largest absolute Gasteiger partial charge is 0.497 e. The fraction of sp³-hybridized carbons (Fsp3) is 0.118. The van der Waals surface area contributed by atoms with E-state index in [1.807, 2.05) is 12.1 Å². The molecule has 0 aliphatic heterocycles. The Bertz CT molecular complexity index is 846. The van der Waals surface area contributed by atoms with Gasteiger partial charge in [-0.1, -0.05) is 28.9 Å². The Balaban J connectivity index is 1.65. The lowest BCUT2D eigenvalue weighted by Crippen LogP contribution is -2.22. The molecular formula is C17H14ClN3O3. The summed E-state index contributed by atoms with van der Waals surface area (Å²) in [5, 5.41) is 7.14. The summed E-state index contributed by atoms with van der Waals surface area (Å²) in [6, 6.07) is 14.0. The lowest BCUT2D eigenvalue weighted by Gasteiger charge is -2.03. The number of halogens is 1. The Labute approximate surface area is 143 Å². The van der Waals surface area contributed by atoms with E-state index in [9.17, 15) is 4.79 Å². The molecule has 7 heteroatoms. The average Bonchev–Trinajstić information content (AvgIpc) is 3.09. The van der Waals surface area contributed by atoms with E-state index in [0.717, 1.165) is 0 Å². The number of amides is 1. The Kier molecular flexibility index (Phi) is 4.77. The van der Waals surface area contributed by atoms with Crippen LogP contribution in [0.1, 0.15) is 16.2 Å². The number of hydrogen-bond acceptors (Lipinski definition) is 5. The number of carbonyl (C=O) groups is 1. The molecule has 2 aromatic carbocycles. The molecule has 0 saturated heterocycles. The van der Waals surface area contributed by atoms with E-state index in [1.165, 1.54) is 0 Å². The minimum Gasteiger partial charge on any atom is -0.497 e. The lowest BCUT2D eigenvalue weighted by atomic mass is 10.2. The van der Waals surface area contributed by atoms with Crippen molar-refractivity contribution in [3.63, 3.8) is 0 Å². The van der Waals surface area contributed by atoms with Gasteiger partial charge in [-0.3, -0.25) is 4.79 Å². The van der Waals surface area contributed by atoms with Crippen LogP contribution in [0.2, 0.25) is 5.02 Å². The molecule has 1 N–H and O–H groups in total. The molecule has 0 spiro atoms. The molecule has 1 aromatic heterocycles. The molecule has 0 atom stereocenters. The highest BCUT2D eigenvalue weighted by molar-refractivity contribution is 6.33. The number of methoxy groups -OCH3 is 1. The monoisotopic (exact) mass is 343 g/mol. The van der Waals surface area contributed by atoms with Crippen molar-refractivity contribution in [2.75, 3.05) is 7.11 Å². The molecule has 1 heterocycles. The van der Waals surface area contributed by atoms with E-state index in [-0.39, 0.29) is 12.5 Å². The van der Waals surface area contributed by atoms with Crippen molar-refractivity contribution in [2.45, 2.75) is 6.54 Å². The Morgan fingerprint density at radius 2 is 1.96 bits per heavy atom. The van der Waals surface area contributed by atoms with Crippen LogP contribution in [0.25, 0.3) is 11.4 Å². The van der Waals surface area contributed by atoms with Gasteiger partial charge in [0, 0.05) is 11.1 Å². The van der Waals surface area contributed by atoms with Crippen LogP contribution in [0.3, 0.4) is 0 Å². The quantitative estimate of drug-likeness (QED) is 0.768. The maximum atomic E-state index is 12.1. The standard InChI is InChI=1S/C17H14ClN3O3/c1-23-12-8-6-11(7-9-12)17(22)19-10-15-20-16(21-24-15)13-4-2-3-5-14(13)18/h2-9H,10H2,1H3,(H,19,22). The number of rotatable bonds is 5.